The van der Waals surface area contributed by atoms with Gasteiger partial charge in [0.15, 0.2) is 0 Å². The Morgan fingerprint density at radius 1 is 1.00 bits per heavy atom. The molecular formula is C22H27N3O5S. The molecule has 0 spiro atoms. The van der Waals surface area contributed by atoms with E-state index < -0.39 is 22.0 Å². The number of sulfonamides is 1. The van der Waals surface area contributed by atoms with Gasteiger partial charge in [0.05, 0.1) is 18.1 Å². The predicted octanol–water partition coefficient (Wildman–Crippen LogP) is 1.84. The number of carbonyl (C=O) groups is 1. The number of hydroxylamine groups is 1. The van der Waals surface area contributed by atoms with Gasteiger partial charge in [0.1, 0.15) is 6.04 Å². The summed E-state index contributed by atoms with van der Waals surface area (Å²) in [6.45, 7) is 4.57. The normalized spacial score (nSPS) is 20.6. The van der Waals surface area contributed by atoms with Gasteiger partial charge in [0.2, 0.25) is 10.0 Å². The lowest BCUT2D eigenvalue weighted by Gasteiger charge is -2.26. The van der Waals surface area contributed by atoms with Crippen LogP contribution in [-0.2, 0) is 26.1 Å². The lowest BCUT2D eigenvalue weighted by molar-refractivity contribution is -0.132. The van der Waals surface area contributed by atoms with Gasteiger partial charge in [-0.2, -0.15) is 4.31 Å². The number of nitrogens with one attached hydrogen (secondary N) is 1. The largest absolute Gasteiger partial charge is 0.379 e. The fourth-order valence-electron chi connectivity index (χ4n) is 4.14. The van der Waals surface area contributed by atoms with Crippen molar-refractivity contribution in [3.05, 3.63) is 54.1 Å². The van der Waals surface area contributed by atoms with Crippen LogP contribution in [0.15, 0.2) is 53.4 Å². The average Bonchev–Trinajstić information content (AvgIpc) is 3.31. The van der Waals surface area contributed by atoms with Gasteiger partial charge in [0, 0.05) is 26.2 Å². The summed E-state index contributed by atoms with van der Waals surface area (Å²) in [5.74, 6) is -0.699. The molecule has 2 heterocycles. The van der Waals surface area contributed by atoms with E-state index in [1.807, 2.05) is 12.1 Å². The van der Waals surface area contributed by atoms with Crippen LogP contribution in [0.5, 0.6) is 0 Å². The van der Waals surface area contributed by atoms with E-state index in [9.17, 15) is 13.2 Å². The molecule has 1 atom stereocenters. The van der Waals surface area contributed by atoms with Gasteiger partial charge in [-0.3, -0.25) is 14.9 Å². The quantitative estimate of drug-likeness (QED) is 0.520. The highest BCUT2D eigenvalue weighted by molar-refractivity contribution is 7.89. The maximum absolute atomic E-state index is 13.0. The van der Waals surface area contributed by atoms with E-state index in [4.69, 9.17) is 9.94 Å². The minimum atomic E-state index is -3.82. The lowest BCUT2D eigenvalue weighted by atomic mass is 10.0. The third-order valence-corrected chi connectivity index (χ3v) is 7.80. The predicted molar refractivity (Wildman–Crippen MR) is 115 cm³/mol. The molecule has 0 aromatic heterocycles. The average molecular weight is 446 g/mol. The second kappa shape index (κ2) is 9.46. The Balaban J connectivity index is 1.47. The number of hydrogen-bond acceptors (Lipinski definition) is 6. The van der Waals surface area contributed by atoms with Crippen molar-refractivity contribution in [1.29, 1.82) is 0 Å². The molecule has 2 N–H and O–H groups in total. The first-order chi connectivity index (χ1) is 15.0. The van der Waals surface area contributed by atoms with Gasteiger partial charge in [-0.15, -0.1) is 0 Å². The Kier molecular flexibility index (Phi) is 6.68. The molecule has 4 rings (SSSR count). The number of amides is 1. The molecule has 2 saturated heterocycles. The third kappa shape index (κ3) is 4.81. The second-order valence-electron chi connectivity index (χ2n) is 7.86. The first kappa shape index (κ1) is 21.9. The number of rotatable bonds is 6. The lowest BCUT2D eigenvalue weighted by Crippen LogP contribution is -2.44. The van der Waals surface area contributed by atoms with Crippen molar-refractivity contribution < 1.29 is 23.2 Å². The maximum Gasteiger partial charge on any atom is 0.261 e. The van der Waals surface area contributed by atoms with Crippen LogP contribution >= 0.6 is 0 Å². The van der Waals surface area contributed by atoms with E-state index in [1.54, 1.807) is 29.7 Å². The topological polar surface area (TPSA) is 99.2 Å². The van der Waals surface area contributed by atoms with Crippen molar-refractivity contribution >= 4 is 15.9 Å². The van der Waals surface area contributed by atoms with Crippen LogP contribution in [0.2, 0.25) is 0 Å². The Labute approximate surface area is 182 Å². The smallest absolute Gasteiger partial charge is 0.261 e. The molecule has 9 heteroatoms. The van der Waals surface area contributed by atoms with Crippen LogP contribution in [-0.4, -0.2) is 67.6 Å². The summed E-state index contributed by atoms with van der Waals surface area (Å²) in [5, 5.41) is 8.89. The molecule has 31 heavy (non-hydrogen) atoms. The van der Waals surface area contributed by atoms with E-state index in [0.717, 1.165) is 48.3 Å². The zero-order chi connectivity index (χ0) is 21.8. The highest BCUT2D eigenvalue weighted by Gasteiger charge is 2.39. The van der Waals surface area contributed by atoms with Crippen LogP contribution < -0.4 is 5.48 Å². The van der Waals surface area contributed by atoms with Crippen molar-refractivity contribution in [3.63, 3.8) is 0 Å². The number of nitrogens with zero attached hydrogens (tertiary/aromatic N) is 2. The first-order valence-electron chi connectivity index (χ1n) is 10.4. The van der Waals surface area contributed by atoms with Crippen LogP contribution in [0.25, 0.3) is 11.1 Å². The van der Waals surface area contributed by atoms with Gasteiger partial charge in [-0.05, 0) is 41.7 Å². The van der Waals surface area contributed by atoms with Gasteiger partial charge < -0.3 is 4.74 Å². The Morgan fingerprint density at radius 3 is 2.23 bits per heavy atom. The van der Waals surface area contributed by atoms with E-state index in [1.165, 1.54) is 5.56 Å². The Morgan fingerprint density at radius 2 is 1.61 bits per heavy atom. The minimum Gasteiger partial charge on any atom is -0.379 e. The molecule has 2 aliphatic heterocycles. The van der Waals surface area contributed by atoms with E-state index in [0.29, 0.717) is 12.8 Å². The number of hydrogen-bond donors (Lipinski definition) is 2. The summed E-state index contributed by atoms with van der Waals surface area (Å²) < 4.78 is 32.5. The molecule has 0 radical (unpaired) electrons. The van der Waals surface area contributed by atoms with Gasteiger partial charge in [-0.1, -0.05) is 36.4 Å². The first-order valence-corrected chi connectivity index (χ1v) is 11.9. The zero-order valence-corrected chi connectivity index (χ0v) is 18.1. The van der Waals surface area contributed by atoms with Gasteiger partial charge in [0.25, 0.3) is 5.91 Å². The molecule has 0 saturated carbocycles. The Hall–Kier alpha value is -2.30. The summed E-state index contributed by atoms with van der Waals surface area (Å²) in [5.41, 5.74) is 4.72. The van der Waals surface area contributed by atoms with Crippen molar-refractivity contribution in [2.45, 2.75) is 30.3 Å². The fourth-order valence-corrected chi connectivity index (χ4v) is 5.80. The molecule has 2 fully saturated rings. The molecule has 166 valence electrons. The third-order valence-electron chi connectivity index (χ3n) is 5.87. The standard InChI is InChI=1S/C22H27N3O5S/c26-22(23-27)21-2-1-11-25(21)31(28,29)20-9-7-19(8-10-20)18-5-3-17(4-6-18)16-24-12-14-30-15-13-24/h3-10,21,27H,1-2,11-16H2,(H,23,26)/t21-/m0/s1. The molecule has 2 aliphatic rings. The summed E-state index contributed by atoms with van der Waals surface area (Å²) >= 11 is 0. The SMILES string of the molecule is O=C(NO)[C@@H]1CCCN1S(=O)(=O)c1ccc(-c2ccc(CN3CCOCC3)cc2)cc1. The number of benzene rings is 2. The zero-order valence-electron chi connectivity index (χ0n) is 17.2. The second-order valence-corrected chi connectivity index (χ2v) is 9.75. The fraction of sp³-hybridized carbons (Fsp3) is 0.409. The molecule has 0 unspecified atom stereocenters. The van der Waals surface area contributed by atoms with E-state index in [-0.39, 0.29) is 11.4 Å². The molecule has 8 nitrogen and oxygen atoms in total. The van der Waals surface area contributed by atoms with E-state index >= 15 is 0 Å². The van der Waals surface area contributed by atoms with Gasteiger partial charge >= 0.3 is 0 Å². The number of carbonyl (C=O) groups excluding carboxylic acids is 1. The molecule has 2 aromatic rings. The Bertz CT molecular complexity index is 1000. The molecular weight excluding hydrogens is 418 g/mol. The highest BCUT2D eigenvalue weighted by atomic mass is 32.2. The van der Waals surface area contributed by atoms with Crippen LogP contribution in [0.1, 0.15) is 18.4 Å². The summed E-state index contributed by atoms with van der Waals surface area (Å²) in [4.78, 5) is 14.3. The van der Waals surface area contributed by atoms with Crippen LogP contribution in [0.3, 0.4) is 0 Å². The summed E-state index contributed by atoms with van der Waals surface area (Å²) in [6, 6.07) is 14.1. The van der Waals surface area contributed by atoms with Crippen LogP contribution in [0.4, 0.5) is 0 Å². The molecule has 0 aliphatic carbocycles. The molecule has 2 aromatic carbocycles. The summed E-state index contributed by atoms with van der Waals surface area (Å²) in [6.07, 6.45) is 0.965. The van der Waals surface area contributed by atoms with Crippen molar-refractivity contribution in [3.8, 4) is 11.1 Å². The van der Waals surface area contributed by atoms with Crippen molar-refractivity contribution in [1.82, 2.24) is 14.7 Å². The summed E-state index contributed by atoms with van der Waals surface area (Å²) in [7, 11) is -3.82. The van der Waals surface area contributed by atoms with Crippen molar-refractivity contribution in [2.75, 3.05) is 32.8 Å². The van der Waals surface area contributed by atoms with Gasteiger partial charge in [-0.25, -0.2) is 13.9 Å². The number of ether oxygens (including phenoxy) is 1. The maximum atomic E-state index is 13.0. The highest BCUT2D eigenvalue weighted by Crippen LogP contribution is 2.28. The van der Waals surface area contributed by atoms with Crippen LogP contribution in [0, 0.1) is 0 Å². The van der Waals surface area contributed by atoms with E-state index in [2.05, 4.69) is 17.0 Å². The monoisotopic (exact) mass is 445 g/mol. The van der Waals surface area contributed by atoms with Crippen molar-refractivity contribution in [2.24, 2.45) is 0 Å². The minimum absolute atomic E-state index is 0.137. The number of morpholine rings is 1. The molecule has 1 amide bonds. The molecule has 0 bridgehead atoms.